The number of hydrogen-bond donors (Lipinski definition) is 1. The first-order valence-electron chi connectivity index (χ1n) is 7.77. The van der Waals surface area contributed by atoms with Crippen molar-refractivity contribution in [2.75, 3.05) is 7.11 Å². The van der Waals surface area contributed by atoms with E-state index < -0.39 is 0 Å². The molecule has 0 spiro atoms. The minimum Gasteiger partial charge on any atom is -0.497 e. The highest BCUT2D eigenvalue weighted by atomic mass is 16.5. The first kappa shape index (κ1) is 15.3. The van der Waals surface area contributed by atoms with Gasteiger partial charge in [-0.2, -0.15) is 5.10 Å². The highest BCUT2D eigenvalue weighted by molar-refractivity contribution is 5.64. The Morgan fingerprint density at radius 1 is 1.04 bits per heavy atom. The Balaban J connectivity index is 1.98. The van der Waals surface area contributed by atoms with E-state index in [0.717, 1.165) is 34.7 Å². The Morgan fingerprint density at radius 2 is 1.74 bits per heavy atom. The Kier molecular flexibility index (Phi) is 4.44. The molecule has 2 aromatic carbocycles. The number of rotatable bonds is 5. The fourth-order valence-corrected chi connectivity index (χ4v) is 2.57. The van der Waals surface area contributed by atoms with Crippen LogP contribution in [0.2, 0.25) is 0 Å². The molecule has 118 valence electrons. The second-order valence-corrected chi connectivity index (χ2v) is 5.40. The molecule has 23 heavy (non-hydrogen) atoms. The maximum Gasteiger partial charge on any atom is 0.118 e. The lowest BCUT2D eigenvalue weighted by molar-refractivity contribution is 0.415. The smallest absolute Gasteiger partial charge is 0.118 e. The summed E-state index contributed by atoms with van der Waals surface area (Å²) in [5.74, 6) is 0.831. The fourth-order valence-electron chi connectivity index (χ4n) is 2.57. The largest absolute Gasteiger partial charge is 0.497 e. The van der Waals surface area contributed by atoms with E-state index >= 15 is 0 Å². The van der Waals surface area contributed by atoms with Crippen LogP contribution in [0.1, 0.15) is 18.1 Å². The molecule has 0 saturated heterocycles. The van der Waals surface area contributed by atoms with Gasteiger partial charge in [0.25, 0.3) is 0 Å². The highest BCUT2D eigenvalue weighted by Crippen LogP contribution is 2.25. The first-order valence-corrected chi connectivity index (χ1v) is 7.77. The van der Waals surface area contributed by atoms with Crippen LogP contribution in [0.15, 0.2) is 54.7 Å². The number of aryl methyl sites for hydroxylation is 1. The molecule has 4 nitrogen and oxygen atoms in total. The van der Waals surface area contributed by atoms with E-state index in [1.165, 1.54) is 5.56 Å². The molecule has 0 atom stereocenters. The molecular formula is C19H21N3O. The molecule has 0 unspecified atom stereocenters. The summed E-state index contributed by atoms with van der Waals surface area (Å²) in [7, 11) is 1.66. The number of hydrogen-bond acceptors (Lipinski definition) is 3. The van der Waals surface area contributed by atoms with Gasteiger partial charge >= 0.3 is 0 Å². The Morgan fingerprint density at radius 3 is 2.30 bits per heavy atom. The zero-order valence-electron chi connectivity index (χ0n) is 13.5. The van der Waals surface area contributed by atoms with Gasteiger partial charge in [0.2, 0.25) is 0 Å². The molecule has 3 rings (SSSR count). The van der Waals surface area contributed by atoms with Crippen LogP contribution in [-0.2, 0) is 13.0 Å². The van der Waals surface area contributed by atoms with Crippen molar-refractivity contribution in [3.63, 3.8) is 0 Å². The van der Waals surface area contributed by atoms with Gasteiger partial charge in [0.1, 0.15) is 5.75 Å². The summed E-state index contributed by atoms with van der Waals surface area (Å²) in [6, 6.07) is 16.3. The van der Waals surface area contributed by atoms with E-state index in [0.29, 0.717) is 6.54 Å². The zero-order valence-corrected chi connectivity index (χ0v) is 13.5. The van der Waals surface area contributed by atoms with Crippen molar-refractivity contribution in [3.05, 3.63) is 65.9 Å². The van der Waals surface area contributed by atoms with Gasteiger partial charge in [-0.1, -0.05) is 19.1 Å². The number of nitrogens with two attached hydrogens (primary N) is 1. The average molecular weight is 307 g/mol. The van der Waals surface area contributed by atoms with E-state index in [1.54, 1.807) is 7.11 Å². The molecule has 0 aliphatic carbocycles. The summed E-state index contributed by atoms with van der Waals surface area (Å²) in [6.45, 7) is 2.60. The van der Waals surface area contributed by atoms with Crippen LogP contribution in [0.25, 0.3) is 16.9 Å². The monoisotopic (exact) mass is 307 g/mol. The van der Waals surface area contributed by atoms with Gasteiger partial charge in [0.15, 0.2) is 0 Å². The molecule has 1 aromatic heterocycles. The van der Waals surface area contributed by atoms with Crippen LogP contribution < -0.4 is 10.5 Å². The second kappa shape index (κ2) is 6.67. The van der Waals surface area contributed by atoms with Crippen molar-refractivity contribution in [1.29, 1.82) is 0 Å². The van der Waals surface area contributed by atoms with Crippen molar-refractivity contribution in [2.45, 2.75) is 19.9 Å². The molecule has 0 aliphatic rings. The number of aromatic nitrogens is 2. The maximum absolute atomic E-state index is 5.90. The lowest BCUT2D eigenvalue weighted by atomic mass is 10.1. The van der Waals surface area contributed by atoms with Crippen molar-refractivity contribution in [2.24, 2.45) is 5.73 Å². The molecule has 4 heteroatoms. The van der Waals surface area contributed by atoms with Gasteiger partial charge in [0.05, 0.1) is 18.5 Å². The third-order valence-electron chi connectivity index (χ3n) is 3.98. The Hall–Kier alpha value is -2.59. The molecule has 0 amide bonds. The maximum atomic E-state index is 5.90. The van der Waals surface area contributed by atoms with E-state index in [9.17, 15) is 0 Å². The summed E-state index contributed by atoms with van der Waals surface area (Å²) >= 11 is 0. The van der Waals surface area contributed by atoms with E-state index in [2.05, 4.69) is 31.2 Å². The van der Waals surface area contributed by atoms with Crippen LogP contribution in [0.4, 0.5) is 0 Å². The third kappa shape index (κ3) is 3.12. The van der Waals surface area contributed by atoms with Crippen molar-refractivity contribution < 1.29 is 4.74 Å². The average Bonchev–Trinajstić information content (AvgIpc) is 3.06. The summed E-state index contributed by atoms with van der Waals surface area (Å²) in [4.78, 5) is 0. The lowest BCUT2D eigenvalue weighted by Gasteiger charge is -2.03. The second-order valence-electron chi connectivity index (χ2n) is 5.40. The minimum atomic E-state index is 0.453. The van der Waals surface area contributed by atoms with Gasteiger partial charge in [-0.15, -0.1) is 0 Å². The number of benzene rings is 2. The first-order chi connectivity index (χ1) is 11.2. The van der Waals surface area contributed by atoms with Crippen LogP contribution >= 0.6 is 0 Å². The highest BCUT2D eigenvalue weighted by Gasteiger charge is 2.11. The number of nitrogens with zero attached hydrogens (tertiary/aromatic N) is 2. The van der Waals surface area contributed by atoms with Crippen LogP contribution in [0.3, 0.4) is 0 Å². The third-order valence-corrected chi connectivity index (χ3v) is 3.98. The number of ether oxygens (including phenoxy) is 1. The molecule has 0 fully saturated rings. The van der Waals surface area contributed by atoms with Crippen molar-refractivity contribution in [1.82, 2.24) is 9.78 Å². The summed E-state index contributed by atoms with van der Waals surface area (Å²) in [5, 5.41) is 4.73. The van der Waals surface area contributed by atoms with Gasteiger partial charge in [-0.3, -0.25) is 0 Å². The van der Waals surface area contributed by atoms with E-state index in [1.807, 2.05) is 35.1 Å². The zero-order chi connectivity index (χ0) is 16.2. The molecule has 0 radical (unpaired) electrons. The lowest BCUT2D eigenvalue weighted by Crippen LogP contribution is -1.96. The van der Waals surface area contributed by atoms with Gasteiger partial charge in [-0.25, -0.2) is 4.68 Å². The van der Waals surface area contributed by atoms with Crippen molar-refractivity contribution >= 4 is 0 Å². The standard InChI is InChI=1S/C19H21N3O/c1-3-14-4-8-17(9-5-14)22-13-16(12-20)19(21-22)15-6-10-18(23-2)11-7-15/h4-11,13H,3,12,20H2,1-2H3. The Bertz CT molecular complexity index is 773. The molecular weight excluding hydrogens is 286 g/mol. The molecule has 1 heterocycles. The van der Waals surface area contributed by atoms with Crippen LogP contribution in [0, 0.1) is 0 Å². The van der Waals surface area contributed by atoms with Gasteiger partial charge in [-0.05, 0) is 48.4 Å². The Labute approximate surface area is 136 Å². The van der Waals surface area contributed by atoms with E-state index in [-0.39, 0.29) is 0 Å². The topological polar surface area (TPSA) is 53.1 Å². The van der Waals surface area contributed by atoms with E-state index in [4.69, 9.17) is 15.6 Å². The minimum absolute atomic E-state index is 0.453. The molecule has 3 aromatic rings. The van der Waals surface area contributed by atoms with Gasteiger partial charge < -0.3 is 10.5 Å². The molecule has 2 N–H and O–H groups in total. The number of methoxy groups -OCH3 is 1. The fraction of sp³-hybridized carbons (Fsp3) is 0.211. The molecule has 0 bridgehead atoms. The predicted molar refractivity (Wildman–Crippen MR) is 92.8 cm³/mol. The van der Waals surface area contributed by atoms with Crippen LogP contribution in [0.5, 0.6) is 5.75 Å². The SMILES string of the molecule is CCc1ccc(-n2cc(CN)c(-c3ccc(OC)cc3)n2)cc1. The quantitative estimate of drug-likeness (QED) is 0.784. The summed E-state index contributed by atoms with van der Waals surface area (Å²) in [5.41, 5.74) is 11.2. The predicted octanol–water partition coefficient (Wildman–Crippen LogP) is 3.57. The van der Waals surface area contributed by atoms with Crippen LogP contribution in [-0.4, -0.2) is 16.9 Å². The van der Waals surface area contributed by atoms with Gasteiger partial charge in [0, 0.05) is 23.9 Å². The van der Waals surface area contributed by atoms with Crippen molar-refractivity contribution in [3.8, 4) is 22.7 Å². The molecule has 0 saturated carbocycles. The summed E-state index contributed by atoms with van der Waals surface area (Å²) in [6.07, 6.45) is 3.03. The normalized spacial score (nSPS) is 10.7. The summed E-state index contributed by atoms with van der Waals surface area (Å²) < 4.78 is 7.10. The molecule has 0 aliphatic heterocycles.